The van der Waals surface area contributed by atoms with Crippen molar-refractivity contribution in [2.75, 3.05) is 14.2 Å². The molecule has 1 aromatic carbocycles. The van der Waals surface area contributed by atoms with Gasteiger partial charge in [0.05, 0.1) is 37.2 Å². The van der Waals surface area contributed by atoms with Gasteiger partial charge in [-0.1, -0.05) is 0 Å². The number of aldehydes is 1. The van der Waals surface area contributed by atoms with E-state index < -0.39 is 11.9 Å². The summed E-state index contributed by atoms with van der Waals surface area (Å²) in [6.07, 6.45) is 1.48. The Morgan fingerprint density at radius 3 is 2.39 bits per heavy atom. The zero-order valence-corrected chi connectivity index (χ0v) is 9.88. The summed E-state index contributed by atoms with van der Waals surface area (Å²) in [5, 5.41) is 0. The molecule has 0 saturated carbocycles. The van der Waals surface area contributed by atoms with Crippen LogP contribution < -0.4 is 0 Å². The first-order valence-electron chi connectivity index (χ1n) is 4.92. The van der Waals surface area contributed by atoms with Gasteiger partial charge in [-0.15, -0.1) is 0 Å². The number of benzene rings is 1. The lowest BCUT2D eigenvalue weighted by molar-refractivity contribution is -0.102. The van der Waals surface area contributed by atoms with Crippen LogP contribution in [0.1, 0.15) is 20.7 Å². The molecule has 0 radical (unpaired) electrons. The summed E-state index contributed by atoms with van der Waals surface area (Å²) in [5.74, 6) is -1.23. The van der Waals surface area contributed by atoms with Crippen LogP contribution in [-0.4, -0.2) is 38.7 Å². The maximum atomic E-state index is 11.5. The fourth-order valence-corrected chi connectivity index (χ4v) is 1.28. The molecule has 0 atom stereocenters. The van der Waals surface area contributed by atoms with E-state index in [9.17, 15) is 14.4 Å². The maximum absolute atomic E-state index is 11.5. The monoisotopic (exact) mass is 249 g/mol. The Balaban J connectivity index is 3.28. The molecular formula is C12H11NO5. The minimum Gasteiger partial charge on any atom is -0.465 e. The van der Waals surface area contributed by atoms with Crippen LogP contribution in [0.15, 0.2) is 23.2 Å². The smallest absolute Gasteiger partial charge is 0.340 e. The van der Waals surface area contributed by atoms with Gasteiger partial charge in [0.2, 0.25) is 0 Å². The van der Waals surface area contributed by atoms with E-state index in [0.717, 1.165) is 6.21 Å². The van der Waals surface area contributed by atoms with Crippen molar-refractivity contribution in [1.82, 2.24) is 0 Å². The molecule has 94 valence electrons. The molecule has 1 rings (SSSR count). The third-order valence-electron chi connectivity index (χ3n) is 2.10. The van der Waals surface area contributed by atoms with Gasteiger partial charge < -0.3 is 9.47 Å². The van der Waals surface area contributed by atoms with Crippen LogP contribution in [0.2, 0.25) is 0 Å². The van der Waals surface area contributed by atoms with Crippen molar-refractivity contribution >= 4 is 30.1 Å². The average Bonchev–Trinajstić information content (AvgIpc) is 2.43. The quantitative estimate of drug-likeness (QED) is 0.454. The summed E-state index contributed by atoms with van der Waals surface area (Å²) < 4.78 is 9.11. The number of esters is 2. The Hall–Kier alpha value is -2.50. The molecule has 0 N–H and O–H groups in total. The molecule has 0 aliphatic heterocycles. The highest BCUT2D eigenvalue weighted by molar-refractivity contribution is 6.14. The second-order valence-corrected chi connectivity index (χ2v) is 3.13. The highest BCUT2D eigenvalue weighted by Gasteiger charge is 2.15. The maximum Gasteiger partial charge on any atom is 0.340 e. The van der Waals surface area contributed by atoms with Crippen molar-refractivity contribution in [3.8, 4) is 0 Å². The fraction of sp³-hybridized carbons (Fsp3) is 0.167. The van der Waals surface area contributed by atoms with Gasteiger partial charge in [-0.3, -0.25) is 9.79 Å². The molecule has 6 heteroatoms. The molecule has 1 aromatic rings. The minimum atomic E-state index is -0.654. The van der Waals surface area contributed by atoms with Crippen molar-refractivity contribution in [2.24, 2.45) is 4.99 Å². The summed E-state index contributed by atoms with van der Waals surface area (Å²) in [5.41, 5.74) is 0.517. The summed E-state index contributed by atoms with van der Waals surface area (Å²) in [4.78, 5) is 36.8. The van der Waals surface area contributed by atoms with Crippen molar-refractivity contribution in [2.45, 2.75) is 0 Å². The zero-order valence-electron chi connectivity index (χ0n) is 9.88. The van der Waals surface area contributed by atoms with E-state index in [2.05, 4.69) is 14.5 Å². The van der Waals surface area contributed by atoms with Crippen molar-refractivity contribution in [3.63, 3.8) is 0 Å². The summed E-state index contributed by atoms with van der Waals surface area (Å²) in [6, 6.07) is 4.17. The third-order valence-corrected chi connectivity index (χ3v) is 2.10. The van der Waals surface area contributed by atoms with E-state index in [1.807, 2.05) is 0 Å². The number of hydrogen-bond donors (Lipinski definition) is 0. The van der Waals surface area contributed by atoms with E-state index in [1.54, 1.807) is 0 Å². The fourth-order valence-electron chi connectivity index (χ4n) is 1.28. The van der Waals surface area contributed by atoms with Gasteiger partial charge in [0, 0.05) is 0 Å². The molecule has 0 fully saturated rings. The first kappa shape index (κ1) is 13.6. The molecule has 18 heavy (non-hydrogen) atoms. The Morgan fingerprint density at radius 1 is 1.17 bits per heavy atom. The van der Waals surface area contributed by atoms with Crippen LogP contribution in [-0.2, 0) is 14.3 Å². The van der Waals surface area contributed by atoms with Crippen LogP contribution in [0.25, 0.3) is 0 Å². The van der Waals surface area contributed by atoms with Crippen molar-refractivity contribution in [3.05, 3.63) is 29.3 Å². The largest absolute Gasteiger partial charge is 0.465 e. The summed E-state index contributed by atoms with van der Waals surface area (Å²) >= 11 is 0. The average molecular weight is 249 g/mol. The van der Waals surface area contributed by atoms with E-state index in [0.29, 0.717) is 6.29 Å². The molecule has 0 spiro atoms. The Labute approximate surface area is 103 Å². The number of nitrogens with zero attached hydrogens (tertiary/aromatic N) is 1. The van der Waals surface area contributed by atoms with E-state index in [1.165, 1.54) is 32.4 Å². The lowest BCUT2D eigenvalue weighted by Crippen LogP contribution is -2.06. The van der Waals surface area contributed by atoms with Gasteiger partial charge in [0.25, 0.3) is 0 Å². The topological polar surface area (TPSA) is 82.0 Å². The molecule has 0 aliphatic carbocycles. The van der Waals surface area contributed by atoms with Gasteiger partial charge in [-0.2, -0.15) is 0 Å². The van der Waals surface area contributed by atoms with Gasteiger partial charge in [-0.25, -0.2) is 9.59 Å². The highest BCUT2D eigenvalue weighted by atomic mass is 16.5. The predicted molar refractivity (Wildman–Crippen MR) is 63.3 cm³/mol. The first-order chi connectivity index (χ1) is 8.63. The Kier molecular flexibility index (Phi) is 4.74. The number of carbonyl (C=O) groups excluding carboxylic acids is 3. The Bertz CT molecular complexity index is 507. The lowest BCUT2D eigenvalue weighted by atomic mass is 10.1. The lowest BCUT2D eigenvalue weighted by Gasteiger charge is -2.05. The van der Waals surface area contributed by atoms with E-state index >= 15 is 0 Å². The molecule has 0 heterocycles. The van der Waals surface area contributed by atoms with E-state index in [-0.39, 0.29) is 16.8 Å². The van der Waals surface area contributed by atoms with Crippen LogP contribution in [0.3, 0.4) is 0 Å². The number of hydrogen-bond acceptors (Lipinski definition) is 6. The van der Waals surface area contributed by atoms with Crippen LogP contribution in [0.5, 0.6) is 0 Å². The van der Waals surface area contributed by atoms with Crippen LogP contribution in [0.4, 0.5) is 5.69 Å². The van der Waals surface area contributed by atoms with Gasteiger partial charge in [0.15, 0.2) is 6.29 Å². The second-order valence-electron chi connectivity index (χ2n) is 3.13. The molecule has 0 aliphatic rings. The van der Waals surface area contributed by atoms with E-state index in [4.69, 9.17) is 0 Å². The van der Waals surface area contributed by atoms with Gasteiger partial charge in [-0.05, 0) is 18.2 Å². The molecule has 6 nitrogen and oxygen atoms in total. The molecule has 0 saturated heterocycles. The Morgan fingerprint density at radius 2 is 1.83 bits per heavy atom. The zero-order chi connectivity index (χ0) is 13.5. The summed E-state index contributed by atoms with van der Waals surface area (Å²) in [6.45, 7) is 0. The molecule has 0 aromatic heterocycles. The second kappa shape index (κ2) is 6.29. The number of methoxy groups -OCH3 is 2. The number of carbonyl (C=O) groups is 3. The van der Waals surface area contributed by atoms with Gasteiger partial charge in [0.1, 0.15) is 0 Å². The molecule has 0 bridgehead atoms. The molecule has 0 unspecified atom stereocenters. The molecule has 0 amide bonds. The van der Waals surface area contributed by atoms with Crippen molar-refractivity contribution < 1.29 is 23.9 Å². The predicted octanol–water partition coefficient (Wildman–Crippen LogP) is 1.16. The number of rotatable bonds is 4. The number of ether oxygens (including phenoxy) is 2. The first-order valence-corrected chi connectivity index (χ1v) is 4.92. The number of aliphatic imine (C=N–C) groups is 1. The van der Waals surface area contributed by atoms with Crippen LogP contribution >= 0.6 is 0 Å². The summed E-state index contributed by atoms with van der Waals surface area (Å²) in [7, 11) is 2.44. The standard InChI is InChI=1S/C12H11NO5/c1-17-11(15)8-3-4-10(13-5-6-14)9(7-8)12(16)18-2/h3-7H,1-2H3. The normalized spacial score (nSPS) is 10.1. The van der Waals surface area contributed by atoms with Gasteiger partial charge >= 0.3 is 11.9 Å². The molecular weight excluding hydrogens is 238 g/mol. The minimum absolute atomic E-state index is 0.0819. The highest BCUT2D eigenvalue weighted by Crippen LogP contribution is 2.21. The van der Waals surface area contributed by atoms with Crippen molar-refractivity contribution in [1.29, 1.82) is 0 Å². The van der Waals surface area contributed by atoms with Crippen LogP contribution in [0, 0.1) is 0 Å². The SMILES string of the molecule is COC(=O)c1ccc(N=CC=O)c(C(=O)OC)c1. The third kappa shape index (κ3) is 3.00.